The average Bonchev–Trinajstić information content (AvgIpc) is 3.21. The number of nitrogens with zero attached hydrogens (tertiary/aromatic N) is 1. The number of esters is 1. The number of halogens is 3. The maximum Gasteiger partial charge on any atom is 0.412 e. The molecule has 1 aliphatic rings. The maximum absolute atomic E-state index is 13.8. The van der Waals surface area contributed by atoms with Crippen LogP contribution < -0.4 is 0 Å². The quantitative estimate of drug-likeness (QED) is 0.373. The largest absolute Gasteiger partial charge is 0.457 e. The van der Waals surface area contributed by atoms with Crippen molar-refractivity contribution < 1.29 is 37.7 Å². The summed E-state index contributed by atoms with van der Waals surface area (Å²) in [6.07, 6.45) is -4.04. The lowest BCUT2D eigenvalue weighted by Crippen LogP contribution is -2.45. The number of aliphatic hydroxyl groups excluding tert-OH is 2. The Labute approximate surface area is 219 Å². The van der Waals surface area contributed by atoms with Gasteiger partial charge in [-0.15, -0.1) is 11.3 Å². The van der Waals surface area contributed by atoms with E-state index in [1.165, 1.54) is 44.3 Å². The Bertz CT molecular complexity index is 1060. The van der Waals surface area contributed by atoms with Crippen LogP contribution in [0.25, 0.3) is 6.08 Å². The second kappa shape index (κ2) is 12.5. The van der Waals surface area contributed by atoms with Crippen LogP contribution in [-0.2, 0) is 14.3 Å². The van der Waals surface area contributed by atoms with E-state index in [1.807, 2.05) is 6.92 Å². The molecule has 1 aromatic heterocycles. The zero-order chi connectivity index (χ0) is 28.1. The standard InChI is InChI=1S/C27H36F3NO5S/c1-15-8-7-9-19(27(28,29)30)10-11-21(16(2)12-20-14-37-18(4)31-20)36-23(33)13-22(32)26(5,6)25(35)17(3)24(15)34/h7-8,10,12,14-15,17,21-22,24,32,34H,9,11,13H2,1-6H3/b8-7+,16-12+,19-10+/t15?,17-,21?,22?,24+/m1/s1. The number of allylic oxidation sites excluding steroid dienone is 2. The number of aliphatic hydroxyl groups is 2. The predicted octanol–water partition coefficient (Wildman–Crippen LogP) is 5.58. The molecule has 1 aliphatic heterocycles. The third-order valence-corrected chi connectivity index (χ3v) is 7.60. The van der Waals surface area contributed by atoms with E-state index in [0.717, 1.165) is 11.1 Å². The summed E-state index contributed by atoms with van der Waals surface area (Å²) in [4.78, 5) is 30.2. The number of ether oxygens (including phenoxy) is 1. The zero-order valence-electron chi connectivity index (χ0n) is 22.0. The molecule has 0 radical (unpaired) electrons. The molecule has 5 atom stereocenters. The van der Waals surface area contributed by atoms with Crippen LogP contribution >= 0.6 is 11.3 Å². The second-order valence-electron chi connectivity index (χ2n) is 10.2. The smallest absolute Gasteiger partial charge is 0.412 e. The van der Waals surface area contributed by atoms with Crippen LogP contribution in [0.2, 0.25) is 0 Å². The minimum atomic E-state index is -4.61. The number of Topliss-reactive ketones (excluding diaryl/α,β-unsaturated/α-hetero) is 1. The minimum Gasteiger partial charge on any atom is -0.457 e. The average molecular weight is 544 g/mol. The zero-order valence-corrected chi connectivity index (χ0v) is 22.8. The summed E-state index contributed by atoms with van der Waals surface area (Å²) in [7, 11) is 0. The van der Waals surface area contributed by atoms with Gasteiger partial charge in [0.05, 0.1) is 34.7 Å². The summed E-state index contributed by atoms with van der Waals surface area (Å²) in [5.74, 6) is -2.85. The van der Waals surface area contributed by atoms with E-state index in [4.69, 9.17) is 4.74 Å². The number of aromatic nitrogens is 1. The van der Waals surface area contributed by atoms with Crippen LogP contribution in [0.4, 0.5) is 13.2 Å². The van der Waals surface area contributed by atoms with Crippen LogP contribution in [0.1, 0.15) is 64.6 Å². The van der Waals surface area contributed by atoms with Crippen LogP contribution in [0.15, 0.2) is 34.8 Å². The van der Waals surface area contributed by atoms with Gasteiger partial charge in [-0.25, -0.2) is 4.98 Å². The number of carbonyl (C=O) groups excluding carboxylic acids is 2. The van der Waals surface area contributed by atoms with E-state index in [1.54, 1.807) is 25.3 Å². The molecule has 0 fully saturated rings. The van der Waals surface area contributed by atoms with E-state index in [0.29, 0.717) is 11.3 Å². The van der Waals surface area contributed by atoms with Gasteiger partial charge in [0.2, 0.25) is 0 Å². The molecule has 206 valence electrons. The van der Waals surface area contributed by atoms with Crippen molar-refractivity contribution in [3.63, 3.8) is 0 Å². The van der Waals surface area contributed by atoms with Crippen molar-refractivity contribution >= 4 is 29.2 Å². The minimum absolute atomic E-state index is 0.243. The molecule has 6 nitrogen and oxygen atoms in total. The monoisotopic (exact) mass is 543 g/mol. The third-order valence-electron chi connectivity index (χ3n) is 6.81. The SMILES string of the molecule is C/C(=C\c1csc(C)n1)C1C/C=C(/C(F)(F)F)C/C=C/C(C)[C@H](O)[C@@H](C)C(=O)C(C)(C)C(O)CC(=O)O1. The summed E-state index contributed by atoms with van der Waals surface area (Å²) >= 11 is 1.41. The van der Waals surface area contributed by atoms with E-state index in [2.05, 4.69) is 4.98 Å². The molecule has 2 N–H and O–H groups in total. The molecule has 0 bridgehead atoms. The lowest BCUT2D eigenvalue weighted by Gasteiger charge is -2.34. The molecule has 0 amide bonds. The number of aryl methyl sites for hydroxylation is 1. The predicted molar refractivity (Wildman–Crippen MR) is 137 cm³/mol. The first kappa shape index (κ1) is 30.9. The Morgan fingerprint density at radius 3 is 2.46 bits per heavy atom. The van der Waals surface area contributed by atoms with Crippen molar-refractivity contribution in [3.8, 4) is 0 Å². The number of carbonyl (C=O) groups is 2. The number of alkyl halides is 3. The van der Waals surface area contributed by atoms with E-state index >= 15 is 0 Å². The molecule has 37 heavy (non-hydrogen) atoms. The van der Waals surface area contributed by atoms with E-state index in [-0.39, 0.29) is 6.42 Å². The molecular formula is C27H36F3NO5S. The van der Waals surface area contributed by atoms with Gasteiger partial charge in [-0.3, -0.25) is 9.59 Å². The first-order chi connectivity index (χ1) is 17.0. The molecule has 0 saturated heterocycles. The first-order valence-electron chi connectivity index (χ1n) is 12.2. The Balaban J connectivity index is 2.50. The topological polar surface area (TPSA) is 96.7 Å². The lowest BCUT2D eigenvalue weighted by atomic mass is 9.73. The van der Waals surface area contributed by atoms with Gasteiger partial charge in [0.1, 0.15) is 11.9 Å². The summed E-state index contributed by atoms with van der Waals surface area (Å²) in [5, 5.41) is 24.0. The van der Waals surface area contributed by atoms with Crippen LogP contribution in [0, 0.1) is 24.2 Å². The Morgan fingerprint density at radius 1 is 1.24 bits per heavy atom. The Kier molecular flexibility index (Phi) is 10.4. The van der Waals surface area contributed by atoms with Gasteiger partial charge in [-0.05, 0) is 31.9 Å². The summed E-state index contributed by atoms with van der Waals surface area (Å²) in [5.41, 5.74) is -1.11. The summed E-state index contributed by atoms with van der Waals surface area (Å²) in [6, 6.07) is 0. The molecule has 0 saturated carbocycles. The highest BCUT2D eigenvalue weighted by atomic mass is 32.1. The fourth-order valence-corrected chi connectivity index (χ4v) is 4.74. The third kappa shape index (κ3) is 8.35. The normalized spacial score (nSPS) is 31.4. The summed E-state index contributed by atoms with van der Waals surface area (Å²) < 4.78 is 46.8. The molecule has 1 aromatic rings. The van der Waals surface area contributed by atoms with Crippen molar-refractivity contribution in [2.45, 2.75) is 85.3 Å². The fraction of sp³-hybridized carbons (Fsp3) is 0.593. The van der Waals surface area contributed by atoms with Gasteiger partial charge in [0, 0.05) is 29.2 Å². The number of rotatable bonds is 2. The highest BCUT2D eigenvalue weighted by Crippen LogP contribution is 2.33. The number of thiazole rings is 1. The summed E-state index contributed by atoms with van der Waals surface area (Å²) in [6.45, 7) is 9.55. The van der Waals surface area contributed by atoms with Crippen LogP contribution in [0.3, 0.4) is 0 Å². The van der Waals surface area contributed by atoms with Gasteiger partial charge < -0.3 is 14.9 Å². The first-order valence-corrected chi connectivity index (χ1v) is 13.0. The lowest BCUT2D eigenvalue weighted by molar-refractivity contribution is -0.154. The van der Waals surface area contributed by atoms with Gasteiger partial charge in [0.25, 0.3) is 0 Å². The van der Waals surface area contributed by atoms with Crippen molar-refractivity contribution in [1.82, 2.24) is 4.98 Å². The maximum atomic E-state index is 13.8. The van der Waals surface area contributed by atoms with Gasteiger partial charge >= 0.3 is 12.1 Å². The number of ketones is 1. The number of cyclic esters (lactones) is 1. The Morgan fingerprint density at radius 2 is 1.89 bits per heavy atom. The molecule has 2 rings (SSSR count). The molecular weight excluding hydrogens is 507 g/mol. The highest BCUT2D eigenvalue weighted by molar-refractivity contribution is 7.09. The van der Waals surface area contributed by atoms with Crippen LogP contribution in [-0.4, -0.2) is 51.4 Å². The highest BCUT2D eigenvalue weighted by Gasteiger charge is 2.42. The number of hydrogen-bond acceptors (Lipinski definition) is 7. The van der Waals surface area contributed by atoms with E-state index < -0.39 is 71.9 Å². The second-order valence-corrected chi connectivity index (χ2v) is 11.3. The van der Waals surface area contributed by atoms with Gasteiger partial charge in [0.15, 0.2) is 0 Å². The number of hydrogen-bond donors (Lipinski definition) is 2. The van der Waals surface area contributed by atoms with Crippen LogP contribution in [0.5, 0.6) is 0 Å². The molecule has 3 unspecified atom stereocenters. The molecule has 0 spiro atoms. The van der Waals surface area contributed by atoms with Crippen molar-refractivity contribution in [3.05, 3.63) is 45.5 Å². The Hall–Kier alpha value is -2.30. The molecule has 2 heterocycles. The van der Waals surface area contributed by atoms with Gasteiger partial charge in [-0.1, -0.05) is 45.9 Å². The fourth-order valence-electron chi connectivity index (χ4n) is 4.17. The van der Waals surface area contributed by atoms with Crippen molar-refractivity contribution in [2.75, 3.05) is 0 Å². The molecule has 0 aromatic carbocycles. The van der Waals surface area contributed by atoms with Crippen molar-refractivity contribution in [2.24, 2.45) is 17.3 Å². The van der Waals surface area contributed by atoms with Crippen molar-refractivity contribution in [1.29, 1.82) is 0 Å². The molecule has 10 heteroatoms. The van der Waals surface area contributed by atoms with E-state index in [9.17, 15) is 33.0 Å². The molecule has 0 aliphatic carbocycles. The van der Waals surface area contributed by atoms with Gasteiger partial charge in [-0.2, -0.15) is 13.2 Å².